The summed E-state index contributed by atoms with van der Waals surface area (Å²) in [5, 5.41) is 16.3. The molecule has 0 saturated carbocycles. The van der Waals surface area contributed by atoms with Crippen molar-refractivity contribution in [3.63, 3.8) is 0 Å². The molecule has 6 heteroatoms. The van der Waals surface area contributed by atoms with Crippen LogP contribution in [-0.4, -0.2) is 30.9 Å². The van der Waals surface area contributed by atoms with Crippen LogP contribution in [0.5, 0.6) is 11.5 Å². The maximum Gasteiger partial charge on any atom is 0.259 e. The van der Waals surface area contributed by atoms with E-state index in [1.165, 1.54) is 6.21 Å². The fourth-order valence-corrected chi connectivity index (χ4v) is 1.78. The number of nitrogens with one attached hydrogen (secondary N) is 2. The van der Waals surface area contributed by atoms with E-state index in [1.54, 1.807) is 37.4 Å². The Balaban J connectivity index is 1.85. The summed E-state index contributed by atoms with van der Waals surface area (Å²) in [5.74, 6) is 0.457. The van der Waals surface area contributed by atoms with E-state index in [0.717, 1.165) is 5.69 Å². The average molecular weight is 299 g/mol. The number of nitrogens with zero attached hydrogens (tertiary/aromatic N) is 1. The summed E-state index contributed by atoms with van der Waals surface area (Å²) in [7, 11) is 1.57. The van der Waals surface area contributed by atoms with E-state index in [0.29, 0.717) is 11.3 Å². The standard InChI is InChI=1S/C16H17N3O3/c1-22-15-9-5-3-7-13(15)17-11-16(21)19-18-10-12-6-2-4-8-14(12)20/h2-10,17,20H,11H2,1H3,(H,19,21)/b18-10-. The lowest BCUT2D eigenvalue weighted by atomic mass is 10.2. The van der Waals surface area contributed by atoms with Crippen LogP contribution >= 0.6 is 0 Å². The summed E-state index contributed by atoms with van der Waals surface area (Å²) in [4.78, 5) is 11.7. The van der Waals surface area contributed by atoms with Gasteiger partial charge in [-0.05, 0) is 24.3 Å². The minimum Gasteiger partial charge on any atom is -0.507 e. The molecule has 0 aliphatic heterocycles. The highest BCUT2D eigenvalue weighted by Crippen LogP contribution is 2.22. The van der Waals surface area contributed by atoms with E-state index in [9.17, 15) is 9.90 Å². The molecular weight excluding hydrogens is 282 g/mol. The number of aromatic hydroxyl groups is 1. The second-order valence-electron chi connectivity index (χ2n) is 4.41. The first-order valence-electron chi connectivity index (χ1n) is 6.67. The van der Waals surface area contributed by atoms with Crippen molar-refractivity contribution >= 4 is 17.8 Å². The second kappa shape index (κ2) is 7.68. The third-order valence-electron chi connectivity index (χ3n) is 2.88. The lowest BCUT2D eigenvalue weighted by Crippen LogP contribution is -2.26. The molecule has 2 rings (SSSR count). The number of ether oxygens (including phenoxy) is 1. The van der Waals surface area contributed by atoms with E-state index in [1.807, 2.05) is 18.2 Å². The largest absolute Gasteiger partial charge is 0.507 e. The Morgan fingerprint density at radius 2 is 1.95 bits per heavy atom. The molecule has 0 spiro atoms. The molecule has 2 aromatic rings. The van der Waals surface area contributed by atoms with Crippen molar-refractivity contribution in [2.45, 2.75) is 0 Å². The zero-order chi connectivity index (χ0) is 15.8. The Morgan fingerprint density at radius 1 is 1.23 bits per heavy atom. The molecule has 0 unspecified atom stereocenters. The van der Waals surface area contributed by atoms with Gasteiger partial charge >= 0.3 is 0 Å². The molecule has 3 N–H and O–H groups in total. The van der Waals surface area contributed by atoms with E-state index in [2.05, 4.69) is 15.8 Å². The zero-order valence-electron chi connectivity index (χ0n) is 12.1. The van der Waals surface area contributed by atoms with Gasteiger partial charge in [0.25, 0.3) is 5.91 Å². The summed E-state index contributed by atoms with van der Waals surface area (Å²) < 4.78 is 5.18. The van der Waals surface area contributed by atoms with Gasteiger partial charge in [-0.1, -0.05) is 24.3 Å². The van der Waals surface area contributed by atoms with Crippen LogP contribution in [0.2, 0.25) is 0 Å². The maximum absolute atomic E-state index is 11.7. The number of carbonyl (C=O) groups is 1. The van der Waals surface area contributed by atoms with Gasteiger partial charge in [0.2, 0.25) is 0 Å². The molecule has 0 aliphatic carbocycles. The molecule has 6 nitrogen and oxygen atoms in total. The van der Waals surface area contributed by atoms with Crippen molar-refractivity contribution in [1.82, 2.24) is 5.43 Å². The van der Waals surface area contributed by atoms with Gasteiger partial charge < -0.3 is 15.2 Å². The van der Waals surface area contributed by atoms with Crippen LogP contribution in [0.3, 0.4) is 0 Å². The number of amides is 1. The highest BCUT2D eigenvalue weighted by molar-refractivity contribution is 5.86. The molecule has 0 atom stereocenters. The molecular formula is C16H17N3O3. The maximum atomic E-state index is 11.7. The highest BCUT2D eigenvalue weighted by Gasteiger charge is 2.04. The molecule has 0 heterocycles. The number of phenols is 1. The SMILES string of the molecule is COc1ccccc1NCC(=O)N/N=C\c1ccccc1O. The van der Waals surface area contributed by atoms with Crippen LogP contribution < -0.4 is 15.5 Å². The van der Waals surface area contributed by atoms with Gasteiger partial charge in [0, 0.05) is 5.56 Å². The van der Waals surface area contributed by atoms with Crippen LogP contribution in [0.4, 0.5) is 5.69 Å². The fraction of sp³-hybridized carbons (Fsp3) is 0.125. The Kier molecular flexibility index (Phi) is 5.37. The summed E-state index contributed by atoms with van der Waals surface area (Å²) in [5.41, 5.74) is 3.64. The predicted molar refractivity (Wildman–Crippen MR) is 85.3 cm³/mol. The molecule has 2 aromatic carbocycles. The molecule has 114 valence electrons. The normalized spacial score (nSPS) is 10.4. The van der Waals surface area contributed by atoms with Gasteiger partial charge in [0.05, 0.1) is 25.6 Å². The minimum atomic E-state index is -0.308. The number of hydrogen-bond donors (Lipinski definition) is 3. The molecule has 1 amide bonds. The highest BCUT2D eigenvalue weighted by atomic mass is 16.5. The minimum absolute atomic E-state index is 0.0541. The van der Waals surface area contributed by atoms with Crippen molar-refractivity contribution in [2.75, 3.05) is 19.0 Å². The molecule has 22 heavy (non-hydrogen) atoms. The number of hydrogen-bond acceptors (Lipinski definition) is 5. The quantitative estimate of drug-likeness (QED) is 0.562. The van der Waals surface area contributed by atoms with Gasteiger partial charge in [-0.2, -0.15) is 5.10 Å². The second-order valence-corrected chi connectivity index (χ2v) is 4.41. The Hall–Kier alpha value is -3.02. The summed E-state index contributed by atoms with van der Waals surface area (Å²) >= 11 is 0. The van der Waals surface area contributed by atoms with Crippen LogP contribution in [0, 0.1) is 0 Å². The molecule has 0 aliphatic rings. The van der Waals surface area contributed by atoms with Crippen molar-refractivity contribution < 1.29 is 14.6 Å². The van der Waals surface area contributed by atoms with E-state index >= 15 is 0 Å². The van der Waals surface area contributed by atoms with E-state index in [4.69, 9.17) is 4.74 Å². The van der Waals surface area contributed by atoms with Crippen LogP contribution in [0.1, 0.15) is 5.56 Å². The van der Waals surface area contributed by atoms with Crippen LogP contribution in [0.15, 0.2) is 53.6 Å². The summed E-state index contributed by atoms with van der Waals surface area (Å²) in [6.45, 7) is 0.0541. The van der Waals surface area contributed by atoms with Gasteiger partial charge in [-0.15, -0.1) is 0 Å². The molecule has 0 saturated heterocycles. The van der Waals surface area contributed by atoms with Crippen LogP contribution in [-0.2, 0) is 4.79 Å². The smallest absolute Gasteiger partial charge is 0.259 e. The predicted octanol–water partition coefficient (Wildman–Crippen LogP) is 1.96. The molecule has 0 radical (unpaired) electrons. The van der Waals surface area contributed by atoms with Crippen molar-refractivity contribution in [3.05, 3.63) is 54.1 Å². The van der Waals surface area contributed by atoms with Crippen molar-refractivity contribution in [3.8, 4) is 11.5 Å². The molecule has 0 aromatic heterocycles. The van der Waals surface area contributed by atoms with E-state index < -0.39 is 0 Å². The van der Waals surface area contributed by atoms with Crippen molar-refractivity contribution in [2.24, 2.45) is 5.10 Å². The Morgan fingerprint density at radius 3 is 2.73 bits per heavy atom. The Bertz CT molecular complexity index is 671. The number of anilines is 1. The molecule has 0 bridgehead atoms. The fourth-order valence-electron chi connectivity index (χ4n) is 1.78. The van der Waals surface area contributed by atoms with Gasteiger partial charge in [0.1, 0.15) is 11.5 Å². The summed E-state index contributed by atoms with van der Waals surface area (Å²) in [6.07, 6.45) is 1.39. The first-order valence-corrected chi connectivity index (χ1v) is 6.67. The third-order valence-corrected chi connectivity index (χ3v) is 2.88. The number of para-hydroxylation sites is 3. The zero-order valence-corrected chi connectivity index (χ0v) is 12.1. The lowest BCUT2D eigenvalue weighted by Gasteiger charge is -2.09. The van der Waals surface area contributed by atoms with Crippen LogP contribution in [0.25, 0.3) is 0 Å². The first-order chi connectivity index (χ1) is 10.7. The van der Waals surface area contributed by atoms with E-state index in [-0.39, 0.29) is 18.2 Å². The first kappa shape index (κ1) is 15.4. The lowest BCUT2D eigenvalue weighted by molar-refractivity contribution is -0.119. The van der Waals surface area contributed by atoms with Gasteiger partial charge in [-0.3, -0.25) is 4.79 Å². The number of hydrazone groups is 1. The van der Waals surface area contributed by atoms with Gasteiger partial charge in [-0.25, -0.2) is 5.43 Å². The number of benzene rings is 2. The average Bonchev–Trinajstić information content (AvgIpc) is 2.55. The van der Waals surface area contributed by atoms with Crippen molar-refractivity contribution in [1.29, 1.82) is 0 Å². The number of phenolic OH excluding ortho intramolecular Hbond substituents is 1. The topological polar surface area (TPSA) is 83.0 Å². The third kappa shape index (κ3) is 4.24. The summed E-state index contributed by atoms with van der Waals surface area (Å²) in [6, 6.07) is 14.0. The van der Waals surface area contributed by atoms with Gasteiger partial charge in [0.15, 0.2) is 0 Å². The number of methoxy groups -OCH3 is 1. The monoisotopic (exact) mass is 299 g/mol. The molecule has 0 fully saturated rings. The number of rotatable bonds is 6. The Labute approximate surface area is 128 Å². The number of carbonyl (C=O) groups excluding carboxylic acids is 1.